The van der Waals surface area contributed by atoms with Crippen molar-refractivity contribution in [1.29, 1.82) is 0 Å². The molecule has 18 heavy (non-hydrogen) atoms. The predicted octanol–water partition coefficient (Wildman–Crippen LogP) is 3.18. The average molecular weight is 259 g/mol. The molecule has 1 saturated carbocycles. The monoisotopic (exact) mass is 259 g/mol. The molecular formula is C13H16F3NO. The Labute approximate surface area is 104 Å². The molecule has 100 valence electrons. The smallest absolute Gasteiger partial charge is 0.406 e. The van der Waals surface area contributed by atoms with Crippen molar-refractivity contribution in [3.8, 4) is 5.75 Å². The van der Waals surface area contributed by atoms with Crippen molar-refractivity contribution in [2.45, 2.75) is 32.5 Å². The molecule has 0 atom stereocenters. The van der Waals surface area contributed by atoms with Gasteiger partial charge >= 0.3 is 6.36 Å². The van der Waals surface area contributed by atoms with E-state index in [2.05, 4.69) is 4.74 Å². The van der Waals surface area contributed by atoms with Crippen LogP contribution in [0.1, 0.15) is 24.0 Å². The molecule has 1 aliphatic rings. The van der Waals surface area contributed by atoms with Gasteiger partial charge in [0.05, 0.1) is 0 Å². The summed E-state index contributed by atoms with van der Waals surface area (Å²) in [5.41, 5.74) is 7.41. The maximum Gasteiger partial charge on any atom is 0.573 e. The highest BCUT2D eigenvalue weighted by molar-refractivity contribution is 5.35. The van der Waals surface area contributed by atoms with Gasteiger partial charge in [-0.15, -0.1) is 13.2 Å². The lowest BCUT2D eigenvalue weighted by Crippen LogP contribution is -2.19. The number of nitrogens with two attached hydrogens (primary N) is 1. The lowest BCUT2D eigenvalue weighted by atomic mass is 9.95. The quantitative estimate of drug-likeness (QED) is 0.901. The van der Waals surface area contributed by atoms with Crippen molar-refractivity contribution in [3.63, 3.8) is 0 Å². The molecule has 1 aromatic rings. The largest absolute Gasteiger partial charge is 0.573 e. The van der Waals surface area contributed by atoms with E-state index in [4.69, 9.17) is 5.73 Å². The summed E-state index contributed by atoms with van der Waals surface area (Å²) in [5, 5.41) is 0. The van der Waals surface area contributed by atoms with Gasteiger partial charge in [0.15, 0.2) is 0 Å². The molecular weight excluding hydrogens is 243 g/mol. The zero-order chi connectivity index (χ0) is 13.4. The molecule has 0 aliphatic heterocycles. The van der Waals surface area contributed by atoms with Crippen LogP contribution in [0.15, 0.2) is 18.2 Å². The molecule has 0 saturated heterocycles. The Morgan fingerprint density at radius 1 is 1.28 bits per heavy atom. The summed E-state index contributed by atoms with van der Waals surface area (Å²) in [5.74, 6) is -0.148. The first-order chi connectivity index (χ1) is 8.32. The Balaban J connectivity index is 2.16. The molecule has 0 heterocycles. The molecule has 2 nitrogen and oxygen atoms in total. The van der Waals surface area contributed by atoms with Crippen molar-refractivity contribution >= 4 is 0 Å². The van der Waals surface area contributed by atoms with E-state index in [-0.39, 0.29) is 11.2 Å². The molecule has 0 spiro atoms. The van der Waals surface area contributed by atoms with Gasteiger partial charge in [-0.05, 0) is 61.4 Å². The third kappa shape index (κ3) is 3.38. The maximum atomic E-state index is 12.2. The fourth-order valence-corrected chi connectivity index (χ4v) is 2.18. The first kappa shape index (κ1) is 13.2. The lowest BCUT2D eigenvalue weighted by Gasteiger charge is -2.15. The molecule has 0 radical (unpaired) electrons. The van der Waals surface area contributed by atoms with E-state index in [0.29, 0.717) is 6.54 Å². The third-order valence-corrected chi connectivity index (χ3v) is 3.31. The third-order valence-electron chi connectivity index (χ3n) is 3.31. The highest BCUT2D eigenvalue weighted by Gasteiger charge is 2.41. The van der Waals surface area contributed by atoms with Crippen LogP contribution in [0.2, 0.25) is 0 Å². The fourth-order valence-electron chi connectivity index (χ4n) is 2.18. The van der Waals surface area contributed by atoms with Gasteiger partial charge in [0.25, 0.3) is 0 Å². The predicted molar refractivity (Wildman–Crippen MR) is 62.3 cm³/mol. The van der Waals surface area contributed by atoms with Crippen molar-refractivity contribution in [1.82, 2.24) is 0 Å². The normalized spacial score (nSPS) is 17.6. The summed E-state index contributed by atoms with van der Waals surface area (Å²) >= 11 is 0. The number of halogens is 3. The minimum atomic E-state index is -4.64. The van der Waals surface area contributed by atoms with E-state index >= 15 is 0 Å². The SMILES string of the molecule is Cc1cc(CC2(CN)CC2)cc(OC(F)(F)F)c1. The summed E-state index contributed by atoms with van der Waals surface area (Å²) in [4.78, 5) is 0. The van der Waals surface area contributed by atoms with Crippen molar-refractivity contribution in [2.24, 2.45) is 11.1 Å². The van der Waals surface area contributed by atoms with Crippen LogP contribution in [0.5, 0.6) is 5.75 Å². The van der Waals surface area contributed by atoms with E-state index in [1.807, 2.05) is 6.07 Å². The minimum Gasteiger partial charge on any atom is -0.406 e. The number of hydrogen-bond donors (Lipinski definition) is 1. The fraction of sp³-hybridized carbons (Fsp3) is 0.538. The minimum absolute atomic E-state index is 0.100. The number of hydrogen-bond acceptors (Lipinski definition) is 2. The maximum absolute atomic E-state index is 12.2. The van der Waals surface area contributed by atoms with E-state index < -0.39 is 6.36 Å². The van der Waals surface area contributed by atoms with Crippen LogP contribution in [0, 0.1) is 12.3 Å². The highest BCUT2D eigenvalue weighted by Crippen LogP contribution is 2.47. The van der Waals surface area contributed by atoms with Gasteiger partial charge < -0.3 is 10.5 Å². The summed E-state index contributed by atoms with van der Waals surface area (Å²) in [6.45, 7) is 2.34. The molecule has 0 unspecified atom stereocenters. The van der Waals surface area contributed by atoms with Crippen LogP contribution in [-0.2, 0) is 6.42 Å². The van der Waals surface area contributed by atoms with Gasteiger partial charge in [-0.3, -0.25) is 0 Å². The van der Waals surface area contributed by atoms with E-state index in [1.165, 1.54) is 12.1 Å². The van der Waals surface area contributed by atoms with Crippen LogP contribution in [0.25, 0.3) is 0 Å². The van der Waals surface area contributed by atoms with E-state index in [9.17, 15) is 13.2 Å². The second kappa shape index (κ2) is 4.46. The second-order valence-corrected chi connectivity index (χ2v) is 5.08. The van der Waals surface area contributed by atoms with Gasteiger partial charge in [0.2, 0.25) is 0 Å². The Morgan fingerprint density at radius 2 is 1.94 bits per heavy atom. The lowest BCUT2D eigenvalue weighted by molar-refractivity contribution is -0.274. The molecule has 5 heteroatoms. The van der Waals surface area contributed by atoms with E-state index in [1.54, 1.807) is 6.92 Å². The Morgan fingerprint density at radius 3 is 2.44 bits per heavy atom. The summed E-state index contributed by atoms with van der Waals surface area (Å²) < 4.78 is 40.5. The van der Waals surface area contributed by atoms with E-state index in [0.717, 1.165) is 30.4 Å². The van der Waals surface area contributed by atoms with Gasteiger partial charge in [0.1, 0.15) is 5.75 Å². The number of rotatable bonds is 4. The van der Waals surface area contributed by atoms with Crippen LogP contribution in [0.4, 0.5) is 13.2 Å². The first-order valence-electron chi connectivity index (χ1n) is 5.88. The van der Waals surface area contributed by atoms with Crippen molar-refractivity contribution in [3.05, 3.63) is 29.3 Å². The molecule has 0 bridgehead atoms. The van der Waals surface area contributed by atoms with Crippen LogP contribution >= 0.6 is 0 Å². The number of alkyl halides is 3. The Kier molecular flexibility index (Phi) is 3.27. The number of aryl methyl sites for hydroxylation is 1. The highest BCUT2D eigenvalue weighted by atomic mass is 19.4. The molecule has 0 aromatic heterocycles. The zero-order valence-electron chi connectivity index (χ0n) is 10.2. The molecule has 1 aliphatic carbocycles. The molecule has 1 fully saturated rings. The van der Waals surface area contributed by atoms with Gasteiger partial charge in [-0.2, -0.15) is 0 Å². The van der Waals surface area contributed by atoms with Crippen LogP contribution in [-0.4, -0.2) is 12.9 Å². The van der Waals surface area contributed by atoms with Crippen LogP contribution in [0.3, 0.4) is 0 Å². The summed E-state index contributed by atoms with van der Waals surface area (Å²) in [6, 6.07) is 4.73. The van der Waals surface area contributed by atoms with Crippen molar-refractivity contribution < 1.29 is 17.9 Å². The topological polar surface area (TPSA) is 35.2 Å². The summed E-state index contributed by atoms with van der Waals surface area (Å²) in [7, 11) is 0. The zero-order valence-corrected chi connectivity index (χ0v) is 10.2. The number of benzene rings is 1. The average Bonchev–Trinajstić information content (AvgIpc) is 2.94. The second-order valence-electron chi connectivity index (χ2n) is 5.08. The van der Waals surface area contributed by atoms with Crippen LogP contribution < -0.4 is 10.5 Å². The Hall–Kier alpha value is -1.23. The molecule has 1 aromatic carbocycles. The summed E-state index contributed by atoms with van der Waals surface area (Å²) in [6.07, 6.45) is -1.82. The number of ether oxygens (including phenoxy) is 1. The first-order valence-corrected chi connectivity index (χ1v) is 5.88. The molecule has 0 amide bonds. The Bertz CT molecular complexity index is 438. The van der Waals surface area contributed by atoms with Gasteiger partial charge in [0, 0.05) is 0 Å². The van der Waals surface area contributed by atoms with Gasteiger partial charge in [-0.1, -0.05) is 6.07 Å². The van der Waals surface area contributed by atoms with Crippen molar-refractivity contribution in [2.75, 3.05) is 6.54 Å². The standard InChI is InChI=1S/C13H16F3NO/c1-9-4-10(7-12(8-17)2-3-12)6-11(5-9)18-13(14,15)16/h4-6H,2-3,7-8,17H2,1H3. The van der Waals surface area contributed by atoms with Gasteiger partial charge in [-0.25, -0.2) is 0 Å². The molecule has 2 N–H and O–H groups in total. The molecule has 2 rings (SSSR count).